The second-order valence-corrected chi connectivity index (χ2v) is 7.95. The zero-order valence-electron chi connectivity index (χ0n) is 19.3. The van der Waals surface area contributed by atoms with E-state index in [1.807, 2.05) is 0 Å². The first-order valence-electron chi connectivity index (χ1n) is 10.9. The Morgan fingerprint density at radius 3 is 2.11 bits per heavy atom. The summed E-state index contributed by atoms with van der Waals surface area (Å²) in [5, 5.41) is 34.7. The number of nitrogens with two attached hydrogens (primary N) is 2. The van der Waals surface area contributed by atoms with Crippen LogP contribution in [-0.4, -0.2) is 91.8 Å². The summed E-state index contributed by atoms with van der Waals surface area (Å²) in [4.78, 5) is 67.1. The molecule has 0 fully saturated rings. The molecular weight excluding hydrogens is 466 g/mol. The maximum atomic E-state index is 13.0. The van der Waals surface area contributed by atoms with Crippen LogP contribution >= 0.6 is 0 Å². The number of aliphatic hydroxyl groups excluding tert-OH is 1. The minimum absolute atomic E-state index is 0.131. The summed E-state index contributed by atoms with van der Waals surface area (Å²) in [7, 11) is 0. The second kappa shape index (κ2) is 14.6. The number of nitrogens with one attached hydrogen (secondary N) is 4. The van der Waals surface area contributed by atoms with Gasteiger partial charge in [-0.05, 0) is 32.7 Å². The number of H-pyrrole nitrogens is 1. The molecule has 5 atom stereocenters. The van der Waals surface area contributed by atoms with Crippen LogP contribution in [0.2, 0.25) is 0 Å². The van der Waals surface area contributed by atoms with Gasteiger partial charge < -0.3 is 47.7 Å². The lowest BCUT2D eigenvalue weighted by Gasteiger charge is -2.25. The SMILES string of the molecule is CC(O)C(N)C(=O)NC(CCCCN)C(=O)NC(Cc1cnc[nH]1)C(=O)NC(CC(=O)O)C(=O)O. The molecule has 196 valence electrons. The van der Waals surface area contributed by atoms with Crippen LogP contribution in [0.1, 0.15) is 38.3 Å². The van der Waals surface area contributed by atoms with Crippen molar-refractivity contribution >= 4 is 29.7 Å². The molecule has 1 rings (SSSR count). The molecule has 1 aromatic heterocycles. The number of carbonyl (C=O) groups is 5. The van der Waals surface area contributed by atoms with Crippen molar-refractivity contribution in [1.29, 1.82) is 0 Å². The fourth-order valence-electron chi connectivity index (χ4n) is 2.99. The smallest absolute Gasteiger partial charge is 0.326 e. The molecule has 0 aliphatic heterocycles. The van der Waals surface area contributed by atoms with Crippen LogP contribution < -0.4 is 27.4 Å². The fraction of sp³-hybridized carbons (Fsp3) is 0.600. The molecule has 0 spiro atoms. The standard InChI is InChI=1S/C20H33N7O8/c1-10(28)16(22)19(33)25-12(4-2-3-5-21)17(31)26-13(6-11-8-23-9-24-11)18(32)27-14(20(34)35)7-15(29)30/h8-10,12-14,16,28H,2-7,21-22H2,1H3,(H,23,24)(H,25,33)(H,26,31)(H,27,32)(H,29,30)(H,34,35). The van der Waals surface area contributed by atoms with Gasteiger partial charge in [-0.15, -0.1) is 0 Å². The summed E-state index contributed by atoms with van der Waals surface area (Å²) < 4.78 is 0. The normalized spacial score (nSPS) is 15.2. The molecule has 0 aromatic carbocycles. The number of aromatic nitrogens is 2. The lowest BCUT2D eigenvalue weighted by Crippen LogP contribution is -2.58. The number of imidazole rings is 1. The van der Waals surface area contributed by atoms with Crippen LogP contribution in [0, 0.1) is 0 Å². The van der Waals surface area contributed by atoms with E-state index in [4.69, 9.17) is 16.6 Å². The summed E-state index contributed by atoms with van der Waals surface area (Å²) in [6.07, 6.45) is 1.70. The van der Waals surface area contributed by atoms with Crippen molar-refractivity contribution in [3.63, 3.8) is 0 Å². The van der Waals surface area contributed by atoms with E-state index < -0.39 is 66.4 Å². The number of carboxylic acid groups (broad SMARTS) is 2. The lowest BCUT2D eigenvalue weighted by atomic mass is 10.0. The number of unbranched alkanes of at least 4 members (excludes halogenated alkanes) is 1. The van der Waals surface area contributed by atoms with Crippen LogP contribution in [0.25, 0.3) is 0 Å². The summed E-state index contributed by atoms with van der Waals surface area (Å²) >= 11 is 0. The van der Waals surface area contributed by atoms with Crippen molar-refractivity contribution in [2.75, 3.05) is 6.54 Å². The first-order chi connectivity index (χ1) is 16.5. The Kier molecular flexibility index (Phi) is 12.3. The average molecular weight is 500 g/mol. The summed E-state index contributed by atoms with van der Waals surface area (Å²) in [5.41, 5.74) is 11.5. The summed E-state index contributed by atoms with van der Waals surface area (Å²) in [6, 6.07) is -5.50. The number of hydrogen-bond acceptors (Lipinski definition) is 9. The highest BCUT2D eigenvalue weighted by atomic mass is 16.4. The first kappa shape index (κ1) is 29.5. The van der Waals surface area contributed by atoms with Gasteiger partial charge in [0.15, 0.2) is 0 Å². The molecule has 0 aliphatic rings. The molecule has 1 aromatic rings. The van der Waals surface area contributed by atoms with Gasteiger partial charge >= 0.3 is 11.9 Å². The van der Waals surface area contributed by atoms with Gasteiger partial charge in [-0.25, -0.2) is 9.78 Å². The van der Waals surface area contributed by atoms with Gasteiger partial charge in [0.1, 0.15) is 24.2 Å². The Morgan fingerprint density at radius 2 is 1.60 bits per heavy atom. The molecule has 0 aliphatic carbocycles. The molecule has 0 bridgehead atoms. The van der Waals surface area contributed by atoms with E-state index in [2.05, 4.69) is 25.9 Å². The highest BCUT2D eigenvalue weighted by Gasteiger charge is 2.31. The average Bonchev–Trinajstić information content (AvgIpc) is 3.29. The number of amides is 3. The van der Waals surface area contributed by atoms with E-state index in [1.165, 1.54) is 19.4 Å². The molecule has 3 amide bonds. The maximum Gasteiger partial charge on any atom is 0.326 e. The van der Waals surface area contributed by atoms with Crippen molar-refractivity contribution in [3.05, 3.63) is 18.2 Å². The number of carbonyl (C=O) groups excluding carboxylic acids is 3. The third kappa shape index (κ3) is 10.5. The number of hydrogen-bond donors (Lipinski definition) is 9. The van der Waals surface area contributed by atoms with Crippen molar-refractivity contribution in [2.45, 2.75) is 69.3 Å². The largest absolute Gasteiger partial charge is 0.481 e. The van der Waals surface area contributed by atoms with Gasteiger partial charge in [-0.1, -0.05) is 0 Å². The van der Waals surface area contributed by atoms with Gasteiger partial charge in [-0.3, -0.25) is 19.2 Å². The van der Waals surface area contributed by atoms with E-state index in [0.717, 1.165) is 0 Å². The number of aliphatic hydroxyl groups is 1. The zero-order valence-corrected chi connectivity index (χ0v) is 19.3. The van der Waals surface area contributed by atoms with Crippen molar-refractivity contribution < 1.29 is 39.3 Å². The first-order valence-corrected chi connectivity index (χ1v) is 10.9. The topological polar surface area (TPSA) is 263 Å². The molecule has 1 heterocycles. The second-order valence-electron chi connectivity index (χ2n) is 7.95. The quantitative estimate of drug-likeness (QED) is 0.102. The molecular formula is C20H33N7O8. The number of aromatic amines is 1. The van der Waals surface area contributed by atoms with E-state index >= 15 is 0 Å². The van der Waals surface area contributed by atoms with Crippen LogP contribution in [0.3, 0.4) is 0 Å². The Labute approximate surface area is 201 Å². The molecule has 11 N–H and O–H groups in total. The van der Waals surface area contributed by atoms with Crippen LogP contribution in [0.15, 0.2) is 12.5 Å². The number of aliphatic carboxylic acids is 2. The highest BCUT2D eigenvalue weighted by molar-refractivity contribution is 5.94. The molecule has 0 saturated heterocycles. The van der Waals surface area contributed by atoms with Gasteiger partial charge in [0.05, 0.1) is 18.9 Å². The monoisotopic (exact) mass is 499 g/mol. The van der Waals surface area contributed by atoms with Gasteiger partial charge in [0, 0.05) is 18.3 Å². The van der Waals surface area contributed by atoms with Crippen LogP contribution in [0.4, 0.5) is 0 Å². The predicted molar refractivity (Wildman–Crippen MR) is 121 cm³/mol. The molecule has 15 heteroatoms. The number of carboxylic acids is 2. The summed E-state index contributed by atoms with van der Waals surface area (Å²) in [6.45, 7) is 1.66. The van der Waals surface area contributed by atoms with Crippen LogP contribution in [-0.2, 0) is 30.4 Å². The number of rotatable bonds is 16. The van der Waals surface area contributed by atoms with E-state index in [9.17, 15) is 34.2 Å². The van der Waals surface area contributed by atoms with E-state index in [1.54, 1.807) is 0 Å². The molecule has 35 heavy (non-hydrogen) atoms. The Hall–Kier alpha value is -3.56. The summed E-state index contributed by atoms with van der Waals surface area (Å²) in [5.74, 6) is -5.50. The predicted octanol–water partition coefficient (Wildman–Crippen LogP) is -3.20. The van der Waals surface area contributed by atoms with Gasteiger partial charge in [0.2, 0.25) is 17.7 Å². The highest BCUT2D eigenvalue weighted by Crippen LogP contribution is 2.06. The Bertz CT molecular complexity index is 862. The third-order valence-electron chi connectivity index (χ3n) is 5.01. The van der Waals surface area contributed by atoms with E-state index in [0.29, 0.717) is 25.1 Å². The molecule has 0 saturated carbocycles. The van der Waals surface area contributed by atoms with Gasteiger partial charge in [0.25, 0.3) is 0 Å². The third-order valence-corrected chi connectivity index (χ3v) is 5.01. The van der Waals surface area contributed by atoms with Gasteiger partial charge in [-0.2, -0.15) is 0 Å². The Morgan fingerprint density at radius 1 is 1.00 bits per heavy atom. The van der Waals surface area contributed by atoms with Crippen molar-refractivity contribution in [3.8, 4) is 0 Å². The Balaban J connectivity index is 3.07. The number of nitrogens with zero attached hydrogens (tertiary/aromatic N) is 1. The molecule has 15 nitrogen and oxygen atoms in total. The minimum Gasteiger partial charge on any atom is -0.481 e. The lowest BCUT2D eigenvalue weighted by molar-refractivity contribution is -0.147. The molecule has 0 radical (unpaired) electrons. The van der Waals surface area contributed by atoms with Crippen LogP contribution in [0.5, 0.6) is 0 Å². The fourth-order valence-corrected chi connectivity index (χ4v) is 2.99. The van der Waals surface area contributed by atoms with Crippen molar-refractivity contribution in [2.24, 2.45) is 11.5 Å². The zero-order chi connectivity index (χ0) is 26.5. The van der Waals surface area contributed by atoms with E-state index in [-0.39, 0.29) is 12.8 Å². The minimum atomic E-state index is -1.73. The molecule has 5 unspecified atom stereocenters. The van der Waals surface area contributed by atoms with Crippen molar-refractivity contribution in [1.82, 2.24) is 25.9 Å². The maximum absolute atomic E-state index is 13.0.